The van der Waals surface area contributed by atoms with E-state index in [1.807, 2.05) is 76.8 Å². The van der Waals surface area contributed by atoms with Gasteiger partial charge in [0, 0.05) is 29.3 Å². The molecule has 4 atom stereocenters. The number of nitrogens with one attached hydrogen (secondary N) is 2. The van der Waals surface area contributed by atoms with Crippen LogP contribution in [0.5, 0.6) is 0 Å². The second-order valence-electron chi connectivity index (χ2n) is 19.0. The Bertz CT molecular complexity index is 2470. The van der Waals surface area contributed by atoms with Crippen molar-refractivity contribution in [3.05, 3.63) is 83.6 Å². The highest BCUT2D eigenvalue weighted by Gasteiger charge is 2.55. The largest absolute Gasteiger partial charge is 0.444 e. The number of alkyl halides is 2. The number of H-pyrrole nitrogens is 2. The van der Waals surface area contributed by atoms with Crippen molar-refractivity contribution in [1.82, 2.24) is 29.7 Å². The number of fused-ring (bicyclic) bond motifs is 6. The molecule has 2 bridgehead atoms. The molecule has 12 heteroatoms. The summed E-state index contributed by atoms with van der Waals surface area (Å²) in [6.45, 7) is 11.8. The third-order valence-corrected chi connectivity index (χ3v) is 12.6. The molecule has 10 nitrogen and oxygen atoms in total. The number of nitrogens with zero attached hydrogens (tertiary/aromatic N) is 4. The zero-order valence-corrected chi connectivity index (χ0v) is 33.2. The first-order chi connectivity index (χ1) is 27.0. The summed E-state index contributed by atoms with van der Waals surface area (Å²) < 4.78 is 44.5. The molecule has 2 aliphatic heterocycles. The number of amides is 2. The fourth-order valence-electron chi connectivity index (χ4n) is 9.84. The monoisotopic (exact) mass is 774 g/mol. The van der Waals surface area contributed by atoms with Crippen molar-refractivity contribution in [3.8, 4) is 33.5 Å². The number of carbonyl (C=O) groups excluding carboxylic acids is 2. The molecule has 4 fully saturated rings. The highest BCUT2D eigenvalue weighted by Crippen LogP contribution is 2.59. The minimum atomic E-state index is -3.23. The van der Waals surface area contributed by atoms with Crippen LogP contribution in [-0.4, -0.2) is 65.7 Å². The molecule has 2 saturated carbocycles. The first kappa shape index (κ1) is 36.1. The van der Waals surface area contributed by atoms with Gasteiger partial charge in [0.05, 0.1) is 35.0 Å². The van der Waals surface area contributed by atoms with Gasteiger partial charge in [-0.15, -0.1) is 0 Å². The molecule has 1 spiro atoms. The molecule has 10 rings (SSSR count). The Morgan fingerprint density at radius 2 is 1.46 bits per heavy atom. The maximum Gasteiger partial charge on any atom is 0.411 e. The Morgan fingerprint density at radius 1 is 0.807 bits per heavy atom. The van der Waals surface area contributed by atoms with E-state index in [-0.39, 0.29) is 46.9 Å². The first-order valence-electron chi connectivity index (χ1n) is 20.2. The smallest absolute Gasteiger partial charge is 0.411 e. The number of aromatic amines is 2. The van der Waals surface area contributed by atoms with Crippen LogP contribution in [0.25, 0.3) is 44.5 Å². The zero-order valence-electron chi connectivity index (χ0n) is 33.2. The number of carbonyl (C=O) groups is 2. The number of imidazole rings is 2. The molecular formula is C45H48F2N6O4. The van der Waals surface area contributed by atoms with E-state index in [0.717, 1.165) is 60.9 Å². The number of ether oxygens (including phenoxy) is 2. The van der Waals surface area contributed by atoms with Gasteiger partial charge in [-0.2, -0.15) is 8.78 Å². The molecule has 2 saturated heterocycles. The molecule has 2 aromatic heterocycles. The van der Waals surface area contributed by atoms with Crippen LogP contribution < -0.4 is 0 Å². The molecule has 2 amide bonds. The molecule has 0 radical (unpaired) electrons. The van der Waals surface area contributed by atoms with Crippen molar-refractivity contribution in [3.63, 3.8) is 0 Å². The van der Waals surface area contributed by atoms with Crippen molar-refractivity contribution >= 4 is 23.2 Å². The number of halogens is 2. The van der Waals surface area contributed by atoms with Crippen molar-refractivity contribution in [1.29, 1.82) is 0 Å². The van der Waals surface area contributed by atoms with Crippen molar-refractivity contribution in [2.75, 3.05) is 6.54 Å². The summed E-state index contributed by atoms with van der Waals surface area (Å²) in [5, 5.41) is 0. The minimum absolute atomic E-state index is 0.0356. The van der Waals surface area contributed by atoms with Crippen LogP contribution >= 0.6 is 0 Å². The summed E-state index contributed by atoms with van der Waals surface area (Å²) in [6, 6.07) is 15.9. The Hall–Kier alpha value is -5.26. The lowest BCUT2D eigenvalue weighted by Crippen LogP contribution is -2.43. The fourth-order valence-corrected chi connectivity index (χ4v) is 9.84. The highest BCUT2D eigenvalue weighted by atomic mass is 19.3. The maximum absolute atomic E-state index is 16.5. The van der Waals surface area contributed by atoms with Gasteiger partial charge in [-0.3, -0.25) is 9.80 Å². The van der Waals surface area contributed by atoms with Crippen molar-refractivity contribution in [2.45, 2.75) is 115 Å². The molecule has 2 unspecified atom stereocenters. The van der Waals surface area contributed by atoms with E-state index in [0.29, 0.717) is 46.2 Å². The quantitative estimate of drug-likeness (QED) is 0.188. The molecule has 296 valence electrons. The van der Waals surface area contributed by atoms with Gasteiger partial charge in [-0.1, -0.05) is 30.3 Å². The van der Waals surface area contributed by atoms with E-state index in [1.54, 1.807) is 35.4 Å². The third kappa shape index (κ3) is 6.09. The predicted molar refractivity (Wildman–Crippen MR) is 211 cm³/mol. The van der Waals surface area contributed by atoms with E-state index >= 15 is 8.78 Å². The predicted octanol–water partition coefficient (Wildman–Crippen LogP) is 10.7. The van der Waals surface area contributed by atoms with E-state index < -0.39 is 17.1 Å². The summed E-state index contributed by atoms with van der Waals surface area (Å²) in [4.78, 5) is 46.6. The number of benzene rings is 3. The highest BCUT2D eigenvalue weighted by molar-refractivity contribution is 5.87. The van der Waals surface area contributed by atoms with Crippen LogP contribution in [0.15, 0.2) is 60.8 Å². The Morgan fingerprint density at radius 3 is 2.16 bits per heavy atom. The topological polar surface area (TPSA) is 116 Å². The minimum Gasteiger partial charge on any atom is -0.444 e. The number of hydrogen-bond acceptors (Lipinski definition) is 6. The summed E-state index contributed by atoms with van der Waals surface area (Å²) in [5.41, 5.74) is 4.02. The van der Waals surface area contributed by atoms with E-state index in [2.05, 4.69) is 15.0 Å². The molecule has 57 heavy (non-hydrogen) atoms. The third-order valence-electron chi connectivity index (χ3n) is 12.6. The van der Waals surface area contributed by atoms with Gasteiger partial charge in [-0.05, 0) is 138 Å². The summed E-state index contributed by atoms with van der Waals surface area (Å²) >= 11 is 0. The number of aromatic nitrogens is 4. The van der Waals surface area contributed by atoms with Crippen LogP contribution in [-0.2, 0) is 15.4 Å². The second-order valence-corrected chi connectivity index (χ2v) is 19.0. The standard InChI is InChI=1S/C45H48F2N6O4/c1-42(2,3)56-40(54)52-23-44(15-16-44)21-36(52)38-48-22-35(51-38)26-9-13-30-29-12-8-24(18-31(29)45(46,47)32(30)19-26)25-10-14-33-34(20-25)50-39(49-33)37-27-7-11-28(17-27)53(37)41(55)57-43(4,5)6/h8-10,12-14,18-20,22,27-28,36-37H,7,11,15-17,21,23H2,1-6H3,(H,48,51)(H,49,50)/t27-,28?,36?,37-/m0/s1. The van der Waals surface area contributed by atoms with Gasteiger partial charge in [0.2, 0.25) is 0 Å². The van der Waals surface area contributed by atoms with Gasteiger partial charge in [0.1, 0.15) is 22.9 Å². The Kier molecular flexibility index (Phi) is 7.68. The molecule has 5 aromatic rings. The van der Waals surface area contributed by atoms with Crippen molar-refractivity contribution in [2.24, 2.45) is 11.3 Å². The van der Waals surface area contributed by atoms with Crippen LogP contribution in [0.1, 0.15) is 115 Å². The van der Waals surface area contributed by atoms with E-state index in [4.69, 9.17) is 14.5 Å². The Balaban J connectivity index is 0.910. The number of likely N-dealkylation sites (tertiary alicyclic amines) is 2. The lowest BCUT2D eigenvalue weighted by molar-refractivity contribution is 0.00615. The molecule has 4 heterocycles. The van der Waals surface area contributed by atoms with Gasteiger partial charge < -0.3 is 19.4 Å². The van der Waals surface area contributed by atoms with Crippen LogP contribution in [0.4, 0.5) is 18.4 Å². The zero-order chi connectivity index (χ0) is 39.8. The van der Waals surface area contributed by atoms with Gasteiger partial charge >= 0.3 is 12.2 Å². The number of hydrogen-bond donors (Lipinski definition) is 2. The molecule has 5 aliphatic rings. The lowest BCUT2D eigenvalue weighted by Gasteiger charge is -2.35. The van der Waals surface area contributed by atoms with E-state index in [9.17, 15) is 9.59 Å². The Labute approximate surface area is 330 Å². The van der Waals surface area contributed by atoms with Crippen molar-refractivity contribution < 1.29 is 27.8 Å². The molecule has 2 N–H and O–H groups in total. The fraction of sp³-hybridized carbons (Fsp3) is 0.467. The van der Waals surface area contributed by atoms with Gasteiger partial charge in [0.15, 0.2) is 0 Å². The normalized spacial score (nSPS) is 24.0. The van der Waals surface area contributed by atoms with Crippen LogP contribution in [0.2, 0.25) is 0 Å². The SMILES string of the molecule is CC(C)(C)OC(=O)N1CC2(CC2)CC1c1ncc(-c2ccc3c(c2)C(F)(F)c2cc(-c4ccc5nc([C@@H]6[C@H]7CCC(C7)N6C(=O)OC(C)(C)C)[nH]c5c4)ccc2-3)[nH]1. The second kappa shape index (κ2) is 12.1. The van der Waals surface area contributed by atoms with E-state index in [1.165, 1.54) is 0 Å². The van der Waals surface area contributed by atoms with Crippen LogP contribution in [0.3, 0.4) is 0 Å². The molecule has 3 aromatic carbocycles. The summed E-state index contributed by atoms with van der Waals surface area (Å²) in [5.74, 6) is -1.56. The number of piperidine rings is 1. The van der Waals surface area contributed by atoms with Gasteiger partial charge in [0.25, 0.3) is 5.92 Å². The lowest BCUT2D eigenvalue weighted by atomic mass is 9.98. The molecule has 3 aliphatic carbocycles. The maximum atomic E-state index is 16.5. The molecular weight excluding hydrogens is 727 g/mol. The van der Waals surface area contributed by atoms with Crippen LogP contribution in [0, 0.1) is 11.3 Å². The summed E-state index contributed by atoms with van der Waals surface area (Å²) in [6.07, 6.45) is 6.83. The number of rotatable bonds is 4. The average Bonchev–Trinajstić information content (AvgIpc) is 3.78. The average molecular weight is 775 g/mol. The van der Waals surface area contributed by atoms with Gasteiger partial charge in [-0.25, -0.2) is 19.6 Å². The summed E-state index contributed by atoms with van der Waals surface area (Å²) in [7, 11) is 0. The first-order valence-corrected chi connectivity index (χ1v) is 20.2.